The quantitative estimate of drug-likeness (QED) is 0.676. The van der Waals surface area contributed by atoms with Crippen LogP contribution in [0.2, 0.25) is 0 Å². The van der Waals surface area contributed by atoms with Crippen molar-refractivity contribution in [2.24, 2.45) is 0 Å². The second kappa shape index (κ2) is 8.43. The number of esters is 1. The van der Waals surface area contributed by atoms with E-state index in [1.54, 1.807) is 20.8 Å². The van der Waals surface area contributed by atoms with Gasteiger partial charge in [0.2, 0.25) is 0 Å². The van der Waals surface area contributed by atoms with Crippen LogP contribution in [0.1, 0.15) is 34.2 Å². The molecule has 3 rings (SSSR count). The zero-order valence-corrected chi connectivity index (χ0v) is 18.0. The van der Waals surface area contributed by atoms with E-state index in [2.05, 4.69) is 5.10 Å². The zero-order valence-electron chi connectivity index (χ0n) is 18.0. The number of morpholine rings is 1. The molecule has 0 saturated carbocycles. The number of aliphatic hydroxyl groups is 1. The third kappa shape index (κ3) is 4.70. The number of ether oxygens (including phenoxy) is 2. The number of anilines is 1. The van der Waals surface area contributed by atoms with Crippen LogP contribution in [-0.2, 0) is 19.1 Å². The molecule has 1 saturated heterocycles. The van der Waals surface area contributed by atoms with Gasteiger partial charge in [-0.15, -0.1) is 5.10 Å². The van der Waals surface area contributed by atoms with Crippen LogP contribution in [0.5, 0.6) is 0 Å². The molecule has 3 heterocycles. The summed E-state index contributed by atoms with van der Waals surface area (Å²) in [5, 5.41) is 14.9. The van der Waals surface area contributed by atoms with E-state index in [-0.39, 0.29) is 29.2 Å². The van der Waals surface area contributed by atoms with Crippen LogP contribution in [0.25, 0.3) is 5.69 Å². The van der Waals surface area contributed by atoms with Crippen LogP contribution in [0.4, 0.5) is 14.6 Å². The maximum absolute atomic E-state index is 13.0. The molecule has 32 heavy (non-hydrogen) atoms. The number of pyridine rings is 1. The van der Waals surface area contributed by atoms with Crippen molar-refractivity contribution in [1.82, 2.24) is 14.3 Å². The first-order valence-electron chi connectivity index (χ1n) is 9.76. The largest absolute Gasteiger partial charge is 0.458 e. The number of aromatic nitrogens is 3. The molecule has 1 aliphatic rings. The van der Waals surface area contributed by atoms with Crippen LogP contribution in [0.15, 0.2) is 35.4 Å². The van der Waals surface area contributed by atoms with E-state index in [4.69, 9.17) is 9.47 Å². The second-order valence-electron chi connectivity index (χ2n) is 8.42. The fraction of sp³-hybridized carbons (Fsp3) is 0.500. The Balaban J connectivity index is 1.85. The Morgan fingerprint density at radius 3 is 2.56 bits per heavy atom. The molecule has 1 aliphatic heterocycles. The third-order valence-corrected chi connectivity index (χ3v) is 4.66. The van der Waals surface area contributed by atoms with Gasteiger partial charge in [-0.05, 0) is 33.8 Å². The summed E-state index contributed by atoms with van der Waals surface area (Å²) in [6, 6.07) is 3.76. The molecule has 0 aromatic carbocycles. The number of nitrogens with zero attached hydrogens (tertiary/aromatic N) is 4. The number of hydrogen-bond acceptors (Lipinski definition) is 7. The van der Waals surface area contributed by atoms with Gasteiger partial charge >= 0.3 is 12.5 Å². The van der Waals surface area contributed by atoms with Crippen molar-refractivity contribution in [3.05, 3.63) is 40.9 Å². The fourth-order valence-corrected chi connectivity index (χ4v) is 3.09. The average Bonchev–Trinajstić information content (AvgIpc) is 3.16. The minimum absolute atomic E-state index is 0.0124. The van der Waals surface area contributed by atoms with Crippen LogP contribution >= 0.6 is 0 Å². The predicted molar refractivity (Wildman–Crippen MR) is 108 cm³/mol. The maximum atomic E-state index is 13.0. The van der Waals surface area contributed by atoms with Gasteiger partial charge in [-0.1, -0.05) is 0 Å². The maximum Gasteiger partial charge on any atom is 0.341 e. The SMILES string of the molecule is CC(C)(C)OC(=O)C(C)(O)[C@H]1OCCN(c2ccn(-c3ccc(=O)n(C(F)F)c3)n2)C1=O. The summed E-state index contributed by atoms with van der Waals surface area (Å²) in [6.45, 7) is 3.10. The minimum atomic E-state index is -3.02. The van der Waals surface area contributed by atoms with Crippen LogP contribution in [0, 0.1) is 0 Å². The van der Waals surface area contributed by atoms with Gasteiger partial charge in [0.15, 0.2) is 17.5 Å². The second-order valence-corrected chi connectivity index (χ2v) is 8.42. The first-order valence-corrected chi connectivity index (χ1v) is 9.76. The van der Waals surface area contributed by atoms with Gasteiger partial charge in [-0.25, -0.2) is 9.48 Å². The van der Waals surface area contributed by atoms with Gasteiger partial charge < -0.3 is 14.6 Å². The van der Waals surface area contributed by atoms with Crippen molar-refractivity contribution in [2.45, 2.75) is 51.6 Å². The molecule has 2 atom stereocenters. The Labute approximate surface area is 181 Å². The van der Waals surface area contributed by atoms with E-state index in [1.165, 1.54) is 27.9 Å². The molecule has 1 N–H and O–H groups in total. The summed E-state index contributed by atoms with van der Waals surface area (Å²) in [5.41, 5.74) is -3.83. The summed E-state index contributed by atoms with van der Waals surface area (Å²) in [7, 11) is 0. The van der Waals surface area contributed by atoms with Gasteiger partial charge in [-0.3, -0.25) is 19.1 Å². The normalized spacial score (nSPS) is 19.2. The molecule has 0 bridgehead atoms. The number of amides is 1. The molecule has 0 spiro atoms. The smallest absolute Gasteiger partial charge is 0.341 e. The lowest BCUT2D eigenvalue weighted by Gasteiger charge is -2.38. The first-order chi connectivity index (χ1) is 14.8. The lowest BCUT2D eigenvalue weighted by molar-refractivity contribution is -0.194. The molecular formula is C20H24F2N4O6. The van der Waals surface area contributed by atoms with Crippen molar-refractivity contribution in [3.63, 3.8) is 0 Å². The predicted octanol–water partition coefficient (Wildman–Crippen LogP) is 1.25. The lowest BCUT2D eigenvalue weighted by atomic mass is 9.96. The first kappa shape index (κ1) is 23.5. The van der Waals surface area contributed by atoms with Gasteiger partial charge in [0.1, 0.15) is 5.60 Å². The third-order valence-electron chi connectivity index (χ3n) is 4.66. The molecular weight excluding hydrogens is 430 g/mol. The van der Waals surface area contributed by atoms with Crippen molar-refractivity contribution < 1.29 is 33.0 Å². The highest BCUT2D eigenvalue weighted by Gasteiger charge is 2.50. The van der Waals surface area contributed by atoms with Crippen molar-refractivity contribution in [3.8, 4) is 5.69 Å². The Hall–Kier alpha value is -3.12. The van der Waals surface area contributed by atoms with Gasteiger partial charge in [0, 0.05) is 24.5 Å². The minimum Gasteiger partial charge on any atom is -0.458 e. The topological polar surface area (TPSA) is 116 Å². The number of carbonyl (C=O) groups excluding carboxylic acids is 2. The Morgan fingerprint density at radius 2 is 1.94 bits per heavy atom. The van der Waals surface area contributed by atoms with Gasteiger partial charge in [-0.2, -0.15) is 8.78 Å². The number of hydrogen-bond donors (Lipinski definition) is 1. The number of halogens is 2. The molecule has 1 fully saturated rings. The lowest BCUT2D eigenvalue weighted by Crippen LogP contribution is -2.61. The number of carbonyl (C=O) groups is 2. The Morgan fingerprint density at radius 1 is 1.25 bits per heavy atom. The van der Waals surface area contributed by atoms with E-state index >= 15 is 0 Å². The van der Waals surface area contributed by atoms with E-state index in [9.17, 15) is 28.3 Å². The molecule has 174 valence electrons. The molecule has 10 nitrogen and oxygen atoms in total. The van der Waals surface area contributed by atoms with Gasteiger partial charge in [0.25, 0.3) is 11.5 Å². The molecule has 0 aliphatic carbocycles. The van der Waals surface area contributed by atoms with E-state index in [0.29, 0.717) is 0 Å². The monoisotopic (exact) mass is 454 g/mol. The Bertz CT molecular complexity index is 1070. The van der Waals surface area contributed by atoms with Crippen LogP contribution < -0.4 is 10.5 Å². The van der Waals surface area contributed by atoms with Crippen molar-refractivity contribution in [1.29, 1.82) is 0 Å². The number of rotatable bonds is 5. The highest BCUT2D eigenvalue weighted by Crippen LogP contribution is 2.26. The fourth-order valence-electron chi connectivity index (χ4n) is 3.09. The molecule has 0 radical (unpaired) electrons. The summed E-state index contributed by atoms with van der Waals surface area (Å²) >= 11 is 0. The van der Waals surface area contributed by atoms with Gasteiger partial charge in [0.05, 0.1) is 18.8 Å². The summed E-state index contributed by atoms with van der Waals surface area (Å²) in [6.07, 6.45) is 0.840. The molecule has 12 heteroatoms. The Kier molecular flexibility index (Phi) is 6.20. The standard InChI is InChI=1S/C20H24F2N4O6/c1-19(2,3)32-17(29)20(4,30)15-16(28)24(9-10-31-15)13-7-8-26(23-13)12-5-6-14(27)25(11-12)18(21)22/h5-8,11,15,18,30H,9-10H2,1-4H3/t15-,20?/m0/s1. The van der Waals surface area contributed by atoms with E-state index in [1.807, 2.05) is 0 Å². The van der Waals surface area contributed by atoms with E-state index in [0.717, 1.165) is 19.2 Å². The highest BCUT2D eigenvalue weighted by molar-refractivity contribution is 6.01. The molecule has 1 amide bonds. The molecule has 2 aromatic rings. The summed E-state index contributed by atoms with van der Waals surface area (Å²) < 4.78 is 38.1. The number of alkyl halides is 2. The van der Waals surface area contributed by atoms with Crippen molar-refractivity contribution >= 4 is 17.7 Å². The highest BCUT2D eigenvalue weighted by atomic mass is 19.3. The average molecular weight is 454 g/mol. The van der Waals surface area contributed by atoms with E-state index < -0.39 is 41.3 Å². The van der Waals surface area contributed by atoms with Crippen LogP contribution in [0.3, 0.4) is 0 Å². The molecule has 2 aromatic heterocycles. The molecule has 1 unspecified atom stereocenters. The zero-order chi connectivity index (χ0) is 23.8. The summed E-state index contributed by atoms with van der Waals surface area (Å²) in [5.74, 6) is -1.57. The summed E-state index contributed by atoms with van der Waals surface area (Å²) in [4.78, 5) is 38.2. The van der Waals surface area contributed by atoms with Crippen LogP contribution in [-0.4, -0.2) is 61.8 Å². The van der Waals surface area contributed by atoms with Crippen molar-refractivity contribution in [2.75, 3.05) is 18.1 Å².